The summed E-state index contributed by atoms with van der Waals surface area (Å²) >= 11 is 1.36. The van der Waals surface area contributed by atoms with Crippen LogP contribution in [0.3, 0.4) is 0 Å². The van der Waals surface area contributed by atoms with Crippen molar-refractivity contribution < 1.29 is 9.18 Å². The summed E-state index contributed by atoms with van der Waals surface area (Å²) in [5, 5.41) is 0.682. The number of aliphatic imine (C=N–C) groups is 1. The predicted molar refractivity (Wildman–Crippen MR) is 102 cm³/mol. The van der Waals surface area contributed by atoms with Crippen LogP contribution in [0.5, 0.6) is 0 Å². The summed E-state index contributed by atoms with van der Waals surface area (Å²) in [4.78, 5) is 19.6. The van der Waals surface area contributed by atoms with E-state index in [-0.39, 0.29) is 11.7 Å². The summed E-state index contributed by atoms with van der Waals surface area (Å²) in [6, 6.07) is 14.1. The fourth-order valence-electron chi connectivity index (χ4n) is 2.60. The van der Waals surface area contributed by atoms with Crippen LogP contribution in [-0.2, 0) is 11.2 Å². The molecule has 2 aromatic carbocycles. The molecule has 5 heteroatoms. The lowest BCUT2D eigenvalue weighted by molar-refractivity contribution is -0.122. The number of amidine groups is 1. The molecular formula is C20H19FN2OS. The monoisotopic (exact) mass is 354 g/mol. The summed E-state index contributed by atoms with van der Waals surface area (Å²) in [5.41, 5.74) is 2.83. The molecule has 25 heavy (non-hydrogen) atoms. The number of aryl methyl sites for hydroxylation is 1. The number of hydrogen-bond donors (Lipinski definition) is 0. The normalized spacial score (nSPS) is 17.7. The molecule has 0 atom stereocenters. The number of likely N-dealkylation sites (N-methyl/N-ethyl adjacent to an activating group) is 1. The molecular weight excluding hydrogens is 335 g/mol. The third-order valence-corrected chi connectivity index (χ3v) is 4.97. The second-order valence-corrected chi connectivity index (χ2v) is 6.60. The molecule has 2 aromatic rings. The van der Waals surface area contributed by atoms with Crippen molar-refractivity contribution in [3.63, 3.8) is 0 Å². The third kappa shape index (κ3) is 3.82. The molecule has 0 aromatic heterocycles. The first-order valence-corrected chi connectivity index (χ1v) is 9.07. The number of hydrogen-bond acceptors (Lipinski definition) is 3. The fourth-order valence-corrected chi connectivity index (χ4v) is 3.66. The van der Waals surface area contributed by atoms with Crippen LogP contribution in [-0.4, -0.2) is 22.5 Å². The van der Waals surface area contributed by atoms with Crippen molar-refractivity contribution >= 4 is 34.6 Å². The molecule has 1 heterocycles. The molecule has 1 fully saturated rings. The topological polar surface area (TPSA) is 32.7 Å². The maximum Gasteiger partial charge on any atom is 0.266 e. The highest BCUT2D eigenvalue weighted by Gasteiger charge is 2.32. The van der Waals surface area contributed by atoms with E-state index < -0.39 is 0 Å². The van der Waals surface area contributed by atoms with Crippen molar-refractivity contribution in [2.45, 2.75) is 20.3 Å². The molecule has 1 amide bonds. The zero-order chi connectivity index (χ0) is 17.8. The number of amides is 1. The lowest BCUT2D eigenvalue weighted by atomic mass is 10.1. The van der Waals surface area contributed by atoms with Gasteiger partial charge in [-0.25, -0.2) is 9.38 Å². The number of carbonyl (C=O) groups excluding carboxylic acids is 1. The second-order valence-electron chi connectivity index (χ2n) is 5.59. The molecule has 0 spiro atoms. The van der Waals surface area contributed by atoms with E-state index in [1.807, 2.05) is 31.2 Å². The Morgan fingerprint density at radius 2 is 1.84 bits per heavy atom. The molecule has 0 aliphatic carbocycles. The first-order chi connectivity index (χ1) is 12.1. The predicted octanol–water partition coefficient (Wildman–Crippen LogP) is 5.01. The highest BCUT2D eigenvalue weighted by atomic mass is 32.2. The first-order valence-electron chi connectivity index (χ1n) is 8.26. The standard InChI is InChI=1S/C20H19FN2OS/c1-3-15-7-5-6-8-17(15)22-20-23(4-2)19(24)18(25-20)13-14-9-11-16(21)12-10-14/h5-13H,3-4H2,1-2H3/b18-13+,22-20?. The smallest absolute Gasteiger partial charge is 0.266 e. The van der Waals surface area contributed by atoms with Gasteiger partial charge < -0.3 is 0 Å². The van der Waals surface area contributed by atoms with Gasteiger partial charge in [-0.15, -0.1) is 0 Å². The van der Waals surface area contributed by atoms with Crippen LogP contribution < -0.4 is 0 Å². The Labute approximate surface area is 151 Å². The Balaban J connectivity index is 1.95. The number of benzene rings is 2. The lowest BCUT2D eigenvalue weighted by Gasteiger charge is -2.12. The van der Waals surface area contributed by atoms with Gasteiger partial charge in [-0.1, -0.05) is 37.3 Å². The SMILES string of the molecule is CCc1ccccc1N=C1S/C(=C/c2ccc(F)cc2)C(=O)N1CC. The summed E-state index contributed by atoms with van der Waals surface area (Å²) in [5.74, 6) is -0.356. The zero-order valence-corrected chi connectivity index (χ0v) is 15.0. The van der Waals surface area contributed by atoms with Crippen molar-refractivity contribution in [2.24, 2.45) is 4.99 Å². The number of carbonyl (C=O) groups is 1. The average molecular weight is 354 g/mol. The molecule has 1 aliphatic heterocycles. The van der Waals surface area contributed by atoms with Crippen LogP contribution in [0, 0.1) is 5.82 Å². The Bertz CT molecular complexity index is 843. The van der Waals surface area contributed by atoms with Gasteiger partial charge in [0.05, 0.1) is 10.6 Å². The molecule has 3 nitrogen and oxygen atoms in total. The molecule has 128 valence electrons. The minimum Gasteiger partial charge on any atom is -0.287 e. The maximum absolute atomic E-state index is 13.0. The Morgan fingerprint density at radius 1 is 1.12 bits per heavy atom. The van der Waals surface area contributed by atoms with Gasteiger partial charge in [0.1, 0.15) is 5.82 Å². The van der Waals surface area contributed by atoms with E-state index in [1.165, 1.54) is 23.9 Å². The first kappa shape index (κ1) is 17.4. The number of halogens is 1. The van der Waals surface area contributed by atoms with Gasteiger partial charge in [-0.2, -0.15) is 0 Å². The van der Waals surface area contributed by atoms with Crippen LogP contribution in [0.25, 0.3) is 6.08 Å². The molecule has 0 bridgehead atoms. The van der Waals surface area contributed by atoms with Crippen LogP contribution in [0.15, 0.2) is 58.4 Å². The van der Waals surface area contributed by atoms with Gasteiger partial charge in [-0.05, 0) is 60.5 Å². The van der Waals surface area contributed by atoms with E-state index >= 15 is 0 Å². The molecule has 1 saturated heterocycles. The second kappa shape index (κ2) is 7.66. The van der Waals surface area contributed by atoms with Crippen molar-refractivity contribution in [2.75, 3.05) is 6.54 Å². The number of para-hydroxylation sites is 1. The summed E-state index contributed by atoms with van der Waals surface area (Å²) in [7, 11) is 0. The molecule has 3 rings (SSSR count). The molecule has 0 radical (unpaired) electrons. The Kier molecular flexibility index (Phi) is 5.34. The van der Waals surface area contributed by atoms with Crippen LogP contribution in [0.4, 0.5) is 10.1 Å². The van der Waals surface area contributed by atoms with E-state index in [4.69, 9.17) is 4.99 Å². The number of thioether (sulfide) groups is 1. The largest absolute Gasteiger partial charge is 0.287 e. The van der Waals surface area contributed by atoms with E-state index in [0.29, 0.717) is 16.6 Å². The molecule has 0 unspecified atom stereocenters. The number of nitrogens with zero attached hydrogens (tertiary/aromatic N) is 2. The van der Waals surface area contributed by atoms with Gasteiger partial charge in [0.25, 0.3) is 5.91 Å². The van der Waals surface area contributed by atoms with Gasteiger partial charge in [0.2, 0.25) is 0 Å². The van der Waals surface area contributed by atoms with E-state index in [9.17, 15) is 9.18 Å². The minimum absolute atomic E-state index is 0.0652. The van der Waals surface area contributed by atoms with Gasteiger partial charge in [-0.3, -0.25) is 9.69 Å². The summed E-state index contributed by atoms with van der Waals surface area (Å²) < 4.78 is 13.0. The zero-order valence-electron chi connectivity index (χ0n) is 14.2. The summed E-state index contributed by atoms with van der Waals surface area (Å²) in [6.07, 6.45) is 2.67. The lowest BCUT2D eigenvalue weighted by Crippen LogP contribution is -2.28. The molecule has 0 saturated carbocycles. The van der Waals surface area contributed by atoms with E-state index in [2.05, 4.69) is 6.92 Å². The van der Waals surface area contributed by atoms with Crippen molar-refractivity contribution in [3.05, 3.63) is 70.4 Å². The molecule has 0 N–H and O–H groups in total. The third-order valence-electron chi connectivity index (χ3n) is 3.96. The maximum atomic E-state index is 13.0. The Morgan fingerprint density at radius 3 is 2.52 bits per heavy atom. The highest BCUT2D eigenvalue weighted by Crippen LogP contribution is 2.34. The van der Waals surface area contributed by atoms with Crippen molar-refractivity contribution in [3.8, 4) is 0 Å². The van der Waals surface area contributed by atoms with Crippen molar-refractivity contribution in [1.29, 1.82) is 0 Å². The van der Waals surface area contributed by atoms with E-state index in [1.54, 1.807) is 23.1 Å². The van der Waals surface area contributed by atoms with Crippen LogP contribution in [0.1, 0.15) is 25.0 Å². The minimum atomic E-state index is -0.291. The fraction of sp³-hybridized carbons (Fsp3) is 0.200. The number of rotatable bonds is 4. The highest BCUT2D eigenvalue weighted by molar-refractivity contribution is 8.18. The van der Waals surface area contributed by atoms with Crippen molar-refractivity contribution in [1.82, 2.24) is 4.90 Å². The van der Waals surface area contributed by atoms with Gasteiger partial charge >= 0.3 is 0 Å². The quantitative estimate of drug-likeness (QED) is 0.723. The van der Waals surface area contributed by atoms with Crippen LogP contribution >= 0.6 is 11.8 Å². The van der Waals surface area contributed by atoms with Gasteiger partial charge in [0, 0.05) is 6.54 Å². The van der Waals surface area contributed by atoms with Gasteiger partial charge in [0.15, 0.2) is 5.17 Å². The Hall–Kier alpha value is -2.40. The van der Waals surface area contributed by atoms with E-state index in [0.717, 1.165) is 23.2 Å². The molecule has 1 aliphatic rings. The summed E-state index contributed by atoms with van der Waals surface area (Å²) in [6.45, 7) is 4.57. The average Bonchev–Trinajstić information content (AvgIpc) is 2.92. The van der Waals surface area contributed by atoms with Crippen LogP contribution in [0.2, 0.25) is 0 Å².